The molecule has 2 atom stereocenters. The molecule has 41 heavy (non-hydrogen) atoms. The number of fused-ring (bicyclic) bond motifs is 2. The van der Waals surface area contributed by atoms with Crippen molar-refractivity contribution in [2.45, 2.75) is 17.9 Å². The minimum atomic E-state index is -2.07. The molecule has 0 radical (unpaired) electrons. The normalized spacial score (nSPS) is 20.9. The number of hydrogen-bond donors (Lipinski definition) is 0. The predicted molar refractivity (Wildman–Crippen MR) is 148 cm³/mol. The lowest BCUT2D eigenvalue weighted by atomic mass is 9.59. The second-order valence-electron chi connectivity index (χ2n) is 9.39. The van der Waals surface area contributed by atoms with E-state index in [1.54, 1.807) is 61.5 Å². The molecule has 2 aliphatic rings. The van der Waals surface area contributed by atoms with Crippen molar-refractivity contribution in [1.82, 2.24) is 0 Å². The third-order valence-electron chi connectivity index (χ3n) is 7.39. The molecule has 1 spiro atoms. The fourth-order valence-electron chi connectivity index (χ4n) is 5.76. The number of methoxy groups -OCH3 is 1. The molecule has 0 N–H and O–H groups in total. The van der Waals surface area contributed by atoms with Gasteiger partial charge < -0.3 is 14.2 Å². The fourth-order valence-corrected chi connectivity index (χ4v) is 5.76. The van der Waals surface area contributed by atoms with Crippen LogP contribution in [0, 0.1) is 21.4 Å². The summed E-state index contributed by atoms with van der Waals surface area (Å²) in [6.45, 7) is 5.56. The van der Waals surface area contributed by atoms with Crippen molar-refractivity contribution >= 4 is 29.0 Å². The molecule has 0 saturated carbocycles. The molecule has 3 aromatic rings. The number of para-hydroxylation sites is 1. The lowest BCUT2D eigenvalue weighted by molar-refractivity contribution is -0.384. The Balaban J connectivity index is 1.96. The summed E-state index contributed by atoms with van der Waals surface area (Å²) in [7, 11) is 1.43. The van der Waals surface area contributed by atoms with Gasteiger partial charge in [-0.15, -0.1) is 0 Å². The van der Waals surface area contributed by atoms with Gasteiger partial charge in [-0.25, -0.2) is 4.79 Å². The van der Waals surface area contributed by atoms with Crippen molar-refractivity contribution in [2.24, 2.45) is 0 Å². The first-order valence-corrected chi connectivity index (χ1v) is 12.7. The first-order valence-electron chi connectivity index (χ1n) is 12.7. The van der Waals surface area contributed by atoms with Crippen LogP contribution in [0.25, 0.3) is 5.76 Å². The van der Waals surface area contributed by atoms with Gasteiger partial charge in [-0.05, 0) is 25.1 Å². The summed E-state index contributed by atoms with van der Waals surface area (Å²) < 4.78 is 17.5. The summed E-state index contributed by atoms with van der Waals surface area (Å²) in [6, 6.07) is 23.1. The van der Waals surface area contributed by atoms with Gasteiger partial charge in [-0.1, -0.05) is 55.1 Å². The fraction of sp³-hybridized carbons (Fsp3) is 0.194. The third-order valence-corrected chi connectivity index (χ3v) is 7.39. The summed E-state index contributed by atoms with van der Waals surface area (Å²) >= 11 is 0. The van der Waals surface area contributed by atoms with Crippen LogP contribution in [0.1, 0.15) is 23.6 Å². The molecule has 0 unspecified atom stereocenters. The van der Waals surface area contributed by atoms with Gasteiger partial charge >= 0.3 is 5.97 Å². The number of nitriles is 1. The number of hydrogen-bond acceptors (Lipinski definition) is 8. The van der Waals surface area contributed by atoms with Crippen LogP contribution in [0.2, 0.25) is 0 Å². The van der Waals surface area contributed by atoms with E-state index < -0.39 is 27.8 Å². The molecule has 0 fully saturated rings. The number of amides is 1. The average molecular weight is 552 g/mol. The van der Waals surface area contributed by atoms with E-state index in [1.165, 1.54) is 36.3 Å². The number of nitro benzene ring substituents is 1. The van der Waals surface area contributed by atoms with E-state index in [9.17, 15) is 25.0 Å². The van der Waals surface area contributed by atoms with E-state index in [0.29, 0.717) is 16.8 Å². The van der Waals surface area contributed by atoms with Gasteiger partial charge in [0.05, 0.1) is 28.4 Å². The van der Waals surface area contributed by atoms with Gasteiger partial charge in [0.1, 0.15) is 18.6 Å². The quantitative estimate of drug-likeness (QED) is 0.169. The summed E-state index contributed by atoms with van der Waals surface area (Å²) in [5.74, 6) is -1.38. The van der Waals surface area contributed by atoms with E-state index in [0.717, 1.165) is 0 Å². The molecule has 0 saturated heterocycles. The Morgan fingerprint density at radius 1 is 1.10 bits per heavy atom. The lowest BCUT2D eigenvalue weighted by Crippen LogP contribution is -2.56. The standard InChI is InChI=1S/C31H25N3O7/c1-4-40-28(35)20(2)31(22-14-16-23(17-15-22)34(37)38)30(25(18-32)27(41-31)21-10-6-5-7-11-21)24-12-8-9-13-26(24)33(19-39-3)29(30)36/h5-17H,2,4,19H2,1,3H3/t30-,31+/m1/s1. The van der Waals surface area contributed by atoms with Gasteiger partial charge in [0.25, 0.3) is 5.69 Å². The number of carbonyl (C=O) groups is 2. The van der Waals surface area contributed by atoms with Gasteiger partial charge in [0.15, 0.2) is 11.0 Å². The SMILES string of the molecule is C=C(C(=O)OCC)[C@@]1(c2ccc([N+](=O)[O-])cc2)OC(c2ccccc2)=C(C#N)[C@]12C(=O)N(COC)c1ccccc12. The maximum absolute atomic E-state index is 14.9. The minimum absolute atomic E-state index is 0.00556. The Kier molecular flexibility index (Phi) is 6.91. The number of nitro groups is 1. The second-order valence-corrected chi connectivity index (χ2v) is 9.39. The number of nitrogens with zero attached hydrogens (tertiary/aromatic N) is 3. The smallest absolute Gasteiger partial charge is 0.337 e. The molecular weight excluding hydrogens is 526 g/mol. The molecule has 3 aromatic carbocycles. The van der Waals surface area contributed by atoms with Crippen LogP contribution in [-0.2, 0) is 34.8 Å². The molecule has 2 heterocycles. The number of benzene rings is 3. The molecule has 10 heteroatoms. The molecule has 0 bridgehead atoms. The summed E-state index contributed by atoms with van der Waals surface area (Å²) in [5.41, 5.74) is -3.04. The number of esters is 1. The third kappa shape index (κ3) is 3.74. The van der Waals surface area contributed by atoms with Gasteiger partial charge in [0, 0.05) is 35.9 Å². The van der Waals surface area contributed by atoms with Crippen LogP contribution in [0.5, 0.6) is 0 Å². The highest BCUT2D eigenvalue weighted by Crippen LogP contribution is 2.66. The first kappa shape index (κ1) is 27.3. The van der Waals surface area contributed by atoms with Crippen LogP contribution in [0.15, 0.2) is 96.6 Å². The van der Waals surface area contributed by atoms with Crippen LogP contribution < -0.4 is 4.90 Å². The first-order chi connectivity index (χ1) is 19.8. The zero-order valence-corrected chi connectivity index (χ0v) is 22.3. The Labute approximate surface area is 235 Å². The Bertz CT molecular complexity index is 1640. The van der Waals surface area contributed by atoms with Crippen molar-refractivity contribution in [2.75, 3.05) is 25.3 Å². The van der Waals surface area contributed by atoms with Crippen molar-refractivity contribution in [3.05, 3.63) is 123 Å². The average Bonchev–Trinajstić information content (AvgIpc) is 3.44. The van der Waals surface area contributed by atoms with Crippen molar-refractivity contribution in [1.29, 1.82) is 5.26 Å². The van der Waals surface area contributed by atoms with Crippen molar-refractivity contribution in [3.8, 4) is 6.07 Å². The van der Waals surface area contributed by atoms with Gasteiger partial charge in [-0.2, -0.15) is 5.26 Å². The molecule has 206 valence electrons. The predicted octanol–water partition coefficient (Wildman–Crippen LogP) is 4.76. The van der Waals surface area contributed by atoms with Gasteiger partial charge in [0.2, 0.25) is 5.91 Å². The topological polar surface area (TPSA) is 132 Å². The highest BCUT2D eigenvalue weighted by atomic mass is 16.6. The highest BCUT2D eigenvalue weighted by molar-refractivity contribution is 6.15. The minimum Gasteiger partial charge on any atom is -0.474 e. The molecule has 10 nitrogen and oxygen atoms in total. The molecule has 1 amide bonds. The molecule has 2 aliphatic heterocycles. The molecule has 0 aliphatic carbocycles. The van der Waals surface area contributed by atoms with E-state index >= 15 is 0 Å². The van der Waals surface area contributed by atoms with E-state index in [4.69, 9.17) is 14.2 Å². The zero-order chi connectivity index (χ0) is 29.4. The number of ether oxygens (including phenoxy) is 3. The Morgan fingerprint density at radius 2 is 1.76 bits per heavy atom. The van der Waals surface area contributed by atoms with E-state index in [1.807, 2.05) is 0 Å². The van der Waals surface area contributed by atoms with Crippen LogP contribution in [0.4, 0.5) is 11.4 Å². The van der Waals surface area contributed by atoms with E-state index in [-0.39, 0.29) is 41.5 Å². The molecule has 5 rings (SSSR count). The number of anilines is 1. The van der Waals surface area contributed by atoms with Crippen molar-refractivity contribution in [3.63, 3.8) is 0 Å². The monoisotopic (exact) mass is 551 g/mol. The van der Waals surface area contributed by atoms with Crippen LogP contribution in [-0.4, -0.2) is 37.2 Å². The maximum Gasteiger partial charge on any atom is 0.337 e. The molecule has 0 aromatic heterocycles. The lowest BCUT2D eigenvalue weighted by Gasteiger charge is -2.42. The van der Waals surface area contributed by atoms with Crippen LogP contribution in [0.3, 0.4) is 0 Å². The zero-order valence-electron chi connectivity index (χ0n) is 22.3. The Morgan fingerprint density at radius 3 is 2.37 bits per heavy atom. The number of rotatable bonds is 8. The summed E-state index contributed by atoms with van der Waals surface area (Å²) in [5, 5.41) is 22.3. The van der Waals surface area contributed by atoms with E-state index in [2.05, 4.69) is 12.6 Å². The summed E-state index contributed by atoms with van der Waals surface area (Å²) in [4.78, 5) is 40.7. The molecular formula is C31H25N3O7. The highest BCUT2D eigenvalue weighted by Gasteiger charge is 2.74. The number of carbonyl (C=O) groups excluding carboxylic acids is 2. The van der Waals surface area contributed by atoms with Crippen LogP contribution >= 0.6 is 0 Å². The van der Waals surface area contributed by atoms with Crippen molar-refractivity contribution < 1.29 is 28.7 Å². The largest absolute Gasteiger partial charge is 0.474 e. The van der Waals surface area contributed by atoms with Gasteiger partial charge in [-0.3, -0.25) is 19.8 Å². The second kappa shape index (κ2) is 10.4. The Hall–Kier alpha value is -5.27. The summed E-state index contributed by atoms with van der Waals surface area (Å²) in [6.07, 6.45) is 0. The number of non-ortho nitro benzene ring substituents is 1. The maximum atomic E-state index is 14.9.